The van der Waals surface area contributed by atoms with Gasteiger partial charge in [0.15, 0.2) is 0 Å². The van der Waals surface area contributed by atoms with Crippen molar-refractivity contribution in [3.8, 4) is 5.75 Å². The van der Waals surface area contributed by atoms with Gasteiger partial charge in [-0.3, -0.25) is 4.79 Å². The Morgan fingerprint density at radius 3 is 2.44 bits per heavy atom. The molecular formula is C21H28N2O2. The van der Waals surface area contributed by atoms with Gasteiger partial charge < -0.3 is 15.4 Å². The van der Waals surface area contributed by atoms with Gasteiger partial charge in [0.05, 0.1) is 18.3 Å². The number of hydrogen-bond acceptors (Lipinski definition) is 3. The number of aryl methyl sites for hydroxylation is 1. The molecule has 0 saturated heterocycles. The molecule has 2 aromatic rings. The summed E-state index contributed by atoms with van der Waals surface area (Å²) in [4.78, 5) is 12.4. The van der Waals surface area contributed by atoms with Gasteiger partial charge in [-0.2, -0.15) is 0 Å². The topological polar surface area (TPSA) is 50.4 Å². The molecule has 4 nitrogen and oxygen atoms in total. The molecule has 0 spiro atoms. The van der Waals surface area contributed by atoms with Gasteiger partial charge >= 0.3 is 0 Å². The summed E-state index contributed by atoms with van der Waals surface area (Å²) in [7, 11) is 0. The van der Waals surface area contributed by atoms with Crippen LogP contribution >= 0.6 is 0 Å². The maximum atomic E-state index is 12.4. The first-order valence-electron chi connectivity index (χ1n) is 8.77. The number of ether oxygens (including phenoxy) is 1. The highest BCUT2D eigenvalue weighted by Crippen LogP contribution is 2.28. The second-order valence-electron chi connectivity index (χ2n) is 6.76. The molecule has 0 bridgehead atoms. The summed E-state index contributed by atoms with van der Waals surface area (Å²) in [6.45, 7) is 10.4. The fourth-order valence-corrected chi connectivity index (χ4v) is 2.67. The molecule has 0 heterocycles. The van der Waals surface area contributed by atoms with E-state index in [1.54, 1.807) is 0 Å². The van der Waals surface area contributed by atoms with Crippen LogP contribution in [0.3, 0.4) is 0 Å². The molecule has 1 amide bonds. The molecule has 0 aliphatic rings. The molecule has 0 radical (unpaired) electrons. The average molecular weight is 340 g/mol. The fraction of sp³-hybridized carbons (Fsp3) is 0.381. The third kappa shape index (κ3) is 5.24. The number of rotatable bonds is 7. The van der Waals surface area contributed by atoms with Gasteiger partial charge in [-0.25, -0.2) is 0 Å². The van der Waals surface area contributed by atoms with Crippen molar-refractivity contribution in [1.29, 1.82) is 0 Å². The van der Waals surface area contributed by atoms with Crippen molar-refractivity contribution in [2.45, 2.75) is 46.6 Å². The molecule has 0 aliphatic carbocycles. The molecule has 0 fully saturated rings. The van der Waals surface area contributed by atoms with Crippen LogP contribution in [0.2, 0.25) is 0 Å². The molecular weight excluding hydrogens is 312 g/mol. The van der Waals surface area contributed by atoms with Crippen molar-refractivity contribution in [3.63, 3.8) is 0 Å². The minimum atomic E-state index is -0.0736. The summed E-state index contributed by atoms with van der Waals surface area (Å²) in [5.41, 5.74) is 3.95. The van der Waals surface area contributed by atoms with E-state index < -0.39 is 0 Å². The number of amides is 1. The van der Waals surface area contributed by atoms with E-state index in [0.29, 0.717) is 5.92 Å². The van der Waals surface area contributed by atoms with Crippen LogP contribution in [0.15, 0.2) is 42.5 Å². The molecule has 4 heteroatoms. The van der Waals surface area contributed by atoms with Crippen LogP contribution in [-0.2, 0) is 4.79 Å². The summed E-state index contributed by atoms with van der Waals surface area (Å²) in [5, 5.41) is 6.22. The van der Waals surface area contributed by atoms with E-state index in [1.165, 1.54) is 0 Å². The van der Waals surface area contributed by atoms with Gasteiger partial charge in [0.25, 0.3) is 0 Å². The van der Waals surface area contributed by atoms with Crippen molar-refractivity contribution in [1.82, 2.24) is 0 Å². The zero-order valence-corrected chi connectivity index (χ0v) is 15.7. The Labute approximate surface area is 150 Å². The lowest BCUT2D eigenvalue weighted by molar-refractivity contribution is -0.114. The smallest absolute Gasteiger partial charge is 0.243 e. The molecule has 0 aliphatic heterocycles. The molecule has 2 N–H and O–H groups in total. The first-order chi connectivity index (χ1) is 11.9. The fourth-order valence-electron chi connectivity index (χ4n) is 2.67. The van der Waals surface area contributed by atoms with Crippen LogP contribution < -0.4 is 15.4 Å². The Hall–Kier alpha value is -2.49. The van der Waals surface area contributed by atoms with Gasteiger partial charge in [0, 0.05) is 5.69 Å². The van der Waals surface area contributed by atoms with Crippen molar-refractivity contribution >= 4 is 17.3 Å². The lowest BCUT2D eigenvalue weighted by Gasteiger charge is -2.18. The lowest BCUT2D eigenvalue weighted by atomic mass is 9.98. The van der Waals surface area contributed by atoms with Crippen molar-refractivity contribution in [3.05, 3.63) is 53.6 Å². The second-order valence-corrected chi connectivity index (χ2v) is 6.76. The van der Waals surface area contributed by atoms with Crippen molar-refractivity contribution < 1.29 is 9.53 Å². The highest BCUT2D eigenvalue weighted by molar-refractivity contribution is 5.95. The first kappa shape index (κ1) is 18.8. The Balaban J connectivity index is 2.06. The predicted octanol–water partition coefficient (Wildman–Crippen LogP) is 4.96. The Morgan fingerprint density at radius 1 is 1.04 bits per heavy atom. The van der Waals surface area contributed by atoms with E-state index in [4.69, 9.17) is 4.74 Å². The largest absolute Gasteiger partial charge is 0.489 e. The normalized spacial score (nSPS) is 10.8. The highest BCUT2D eigenvalue weighted by Gasteiger charge is 2.12. The maximum Gasteiger partial charge on any atom is 0.243 e. The monoisotopic (exact) mass is 340 g/mol. The predicted molar refractivity (Wildman–Crippen MR) is 105 cm³/mol. The van der Waals surface area contributed by atoms with E-state index in [0.717, 1.165) is 28.3 Å². The number of carbonyl (C=O) groups is 1. The van der Waals surface area contributed by atoms with Gasteiger partial charge in [0.2, 0.25) is 5.91 Å². The van der Waals surface area contributed by atoms with E-state index in [1.807, 2.05) is 57.2 Å². The quantitative estimate of drug-likeness (QED) is 0.749. The average Bonchev–Trinajstić information content (AvgIpc) is 2.55. The Morgan fingerprint density at radius 2 is 1.76 bits per heavy atom. The SMILES string of the molecule is Cc1cccc(C(C)C)c1NC(=O)CNc1ccccc1OC(C)C. The van der Waals surface area contributed by atoms with Gasteiger partial charge in [-0.05, 0) is 49.9 Å². The van der Waals surface area contributed by atoms with Crippen LogP contribution in [0.1, 0.15) is 44.7 Å². The van der Waals surface area contributed by atoms with E-state index in [-0.39, 0.29) is 18.6 Å². The Bertz CT molecular complexity index is 724. The molecule has 2 aromatic carbocycles. The zero-order chi connectivity index (χ0) is 18.4. The van der Waals surface area contributed by atoms with E-state index in [9.17, 15) is 4.79 Å². The molecule has 2 rings (SSSR count). The molecule has 0 unspecified atom stereocenters. The van der Waals surface area contributed by atoms with Crippen LogP contribution in [0.5, 0.6) is 5.75 Å². The number of nitrogens with one attached hydrogen (secondary N) is 2. The summed E-state index contributed by atoms with van der Waals surface area (Å²) >= 11 is 0. The van der Waals surface area contributed by atoms with Crippen molar-refractivity contribution in [2.75, 3.05) is 17.2 Å². The molecule has 134 valence electrons. The van der Waals surface area contributed by atoms with Crippen molar-refractivity contribution in [2.24, 2.45) is 0 Å². The Kier molecular flexibility index (Phi) is 6.45. The van der Waals surface area contributed by atoms with E-state index >= 15 is 0 Å². The van der Waals surface area contributed by atoms with Crippen LogP contribution in [0.4, 0.5) is 11.4 Å². The third-order valence-electron chi connectivity index (χ3n) is 3.88. The van der Waals surface area contributed by atoms with Crippen LogP contribution in [0.25, 0.3) is 0 Å². The van der Waals surface area contributed by atoms with Crippen LogP contribution in [-0.4, -0.2) is 18.6 Å². The minimum absolute atomic E-state index is 0.0736. The third-order valence-corrected chi connectivity index (χ3v) is 3.88. The molecule has 0 saturated carbocycles. The standard InChI is InChI=1S/C21H28N2O2/c1-14(2)17-10-8-9-16(5)21(17)23-20(24)13-22-18-11-6-7-12-19(18)25-15(3)4/h6-12,14-15,22H,13H2,1-5H3,(H,23,24). The molecule has 0 atom stereocenters. The first-order valence-corrected chi connectivity index (χ1v) is 8.77. The van der Waals surface area contributed by atoms with Crippen LogP contribution in [0, 0.1) is 6.92 Å². The number of hydrogen-bond donors (Lipinski definition) is 2. The lowest BCUT2D eigenvalue weighted by Crippen LogP contribution is -2.23. The summed E-state index contributed by atoms with van der Waals surface area (Å²) in [5.74, 6) is 1.03. The van der Waals surface area contributed by atoms with E-state index in [2.05, 4.69) is 30.5 Å². The number of benzene rings is 2. The number of carbonyl (C=O) groups excluding carboxylic acids is 1. The summed E-state index contributed by atoms with van der Waals surface area (Å²) in [6.07, 6.45) is 0.0809. The maximum absolute atomic E-state index is 12.4. The van der Waals surface area contributed by atoms with Gasteiger partial charge in [-0.15, -0.1) is 0 Å². The highest BCUT2D eigenvalue weighted by atomic mass is 16.5. The minimum Gasteiger partial charge on any atom is -0.489 e. The summed E-state index contributed by atoms with van der Waals surface area (Å²) < 4.78 is 5.77. The molecule has 0 aromatic heterocycles. The number of anilines is 2. The second kappa shape index (κ2) is 8.56. The summed E-state index contributed by atoms with van der Waals surface area (Å²) in [6, 6.07) is 13.8. The number of para-hydroxylation sites is 3. The van der Waals surface area contributed by atoms with Gasteiger partial charge in [-0.1, -0.05) is 44.2 Å². The van der Waals surface area contributed by atoms with Gasteiger partial charge in [0.1, 0.15) is 5.75 Å². The molecule has 25 heavy (non-hydrogen) atoms. The zero-order valence-electron chi connectivity index (χ0n) is 15.7.